The number of aromatic nitrogens is 2. The molecule has 1 heterocycles. The van der Waals surface area contributed by atoms with Crippen molar-refractivity contribution in [2.45, 2.75) is 25.9 Å². The number of carbonyl (C=O) groups is 1. The van der Waals surface area contributed by atoms with Crippen LogP contribution in [0.25, 0.3) is 0 Å². The molecule has 0 fully saturated rings. The summed E-state index contributed by atoms with van der Waals surface area (Å²) in [5.74, 6) is -0.121. The Morgan fingerprint density at radius 3 is 2.74 bits per heavy atom. The highest BCUT2D eigenvalue weighted by Gasteiger charge is 2.23. The second-order valence-corrected chi connectivity index (χ2v) is 5.17. The van der Waals surface area contributed by atoms with Crippen LogP contribution >= 0.6 is 15.9 Å². The van der Waals surface area contributed by atoms with E-state index in [2.05, 4.69) is 21.0 Å². The second-order valence-electron chi connectivity index (χ2n) is 4.32. The van der Waals surface area contributed by atoms with Gasteiger partial charge in [0.1, 0.15) is 5.69 Å². The molecule has 0 saturated heterocycles. The molecule has 1 aromatic carbocycles. The van der Waals surface area contributed by atoms with Crippen molar-refractivity contribution in [1.29, 1.82) is 0 Å². The number of nitrogens with zero attached hydrogens (tertiary/aromatic N) is 2. The van der Waals surface area contributed by atoms with Gasteiger partial charge in [0.2, 0.25) is 5.78 Å². The minimum atomic E-state index is -0.662. The van der Waals surface area contributed by atoms with E-state index in [9.17, 15) is 4.79 Å². The molecule has 1 atom stereocenters. The number of carbonyl (C=O) groups excluding carboxylic acids is 1. The predicted molar refractivity (Wildman–Crippen MR) is 77.9 cm³/mol. The molecule has 0 spiro atoms. The molecule has 0 bridgehead atoms. The highest BCUT2D eigenvalue weighted by molar-refractivity contribution is 9.10. The minimum Gasteiger partial charge on any atom is -0.317 e. The SMILES string of the molecule is CCCn1ncc(Br)c1C(=O)C(N)c1ccccc1. The number of hydrogen-bond acceptors (Lipinski definition) is 3. The van der Waals surface area contributed by atoms with Gasteiger partial charge in [0, 0.05) is 6.54 Å². The number of rotatable bonds is 5. The van der Waals surface area contributed by atoms with Crippen LogP contribution in [-0.4, -0.2) is 15.6 Å². The van der Waals surface area contributed by atoms with Crippen LogP contribution < -0.4 is 5.73 Å². The molecule has 0 aliphatic carbocycles. The highest BCUT2D eigenvalue weighted by atomic mass is 79.9. The lowest BCUT2D eigenvalue weighted by Crippen LogP contribution is -2.24. The zero-order valence-corrected chi connectivity index (χ0v) is 12.3. The highest BCUT2D eigenvalue weighted by Crippen LogP contribution is 2.22. The maximum Gasteiger partial charge on any atom is 0.203 e. The molecule has 0 radical (unpaired) electrons. The number of nitrogens with two attached hydrogens (primary N) is 1. The van der Waals surface area contributed by atoms with Gasteiger partial charge in [-0.05, 0) is 27.9 Å². The molecule has 5 heteroatoms. The van der Waals surface area contributed by atoms with Crippen molar-refractivity contribution in [2.75, 3.05) is 0 Å². The van der Waals surface area contributed by atoms with Gasteiger partial charge < -0.3 is 5.73 Å². The first kappa shape index (κ1) is 14.0. The summed E-state index contributed by atoms with van der Waals surface area (Å²) in [4.78, 5) is 12.5. The van der Waals surface area contributed by atoms with Crippen LogP contribution in [0, 0.1) is 0 Å². The monoisotopic (exact) mass is 321 g/mol. The molecule has 4 nitrogen and oxygen atoms in total. The van der Waals surface area contributed by atoms with Crippen LogP contribution in [0.3, 0.4) is 0 Å². The van der Waals surface area contributed by atoms with Gasteiger partial charge in [0.15, 0.2) is 0 Å². The van der Waals surface area contributed by atoms with E-state index in [1.807, 2.05) is 37.3 Å². The zero-order valence-electron chi connectivity index (χ0n) is 10.7. The Labute approximate surface area is 120 Å². The smallest absolute Gasteiger partial charge is 0.203 e. The topological polar surface area (TPSA) is 60.9 Å². The Kier molecular flexibility index (Phi) is 4.50. The average Bonchev–Trinajstić information content (AvgIpc) is 2.80. The molecule has 1 aromatic heterocycles. The van der Waals surface area contributed by atoms with Gasteiger partial charge in [-0.3, -0.25) is 9.48 Å². The van der Waals surface area contributed by atoms with Gasteiger partial charge in [0.25, 0.3) is 0 Å². The molecule has 2 rings (SSSR count). The molecule has 0 aliphatic heterocycles. The number of hydrogen-bond donors (Lipinski definition) is 1. The number of halogens is 1. The molecular weight excluding hydrogens is 306 g/mol. The lowest BCUT2D eigenvalue weighted by atomic mass is 10.0. The predicted octanol–water partition coefficient (Wildman–Crippen LogP) is 2.94. The van der Waals surface area contributed by atoms with E-state index in [4.69, 9.17) is 5.73 Å². The first-order chi connectivity index (χ1) is 9.15. The van der Waals surface area contributed by atoms with Crippen LogP contribution in [0.15, 0.2) is 41.0 Å². The van der Waals surface area contributed by atoms with Crippen LogP contribution in [-0.2, 0) is 6.54 Å². The Morgan fingerprint density at radius 2 is 2.11 bits per heavy atom. The lowest BCUT2D eigenvalue weighted by Gasteiger charge is -2.12. The van der Waals surface area contributed by atoms with E-state index < -0.39 is 6.04 Å². The van der Waals surface area contributed by atoms with Crippen molar-refractivity contribution in [3.8, 4) is 0 Å². The molecule has 100 valence electrons. The van der Waals surface area contributed by atoms with Gasteiger partial charge in [-0.25, -0.2) is 0 Å². The van der Waals surface area contributed by atoms with E-state index in [0.29, 0.717) is 16.7 Å². The van der Waals surface area contributed by atoms with Gasteiger partial charge in [-0.1, -0.05) is 37.3 Å². The fourth-order valence-electron chi connectivity index (χ4n) is 1.95. The Bertz CT molecular complexity index is 565. The van der Waals surface area contributed by atoms with E-state index in [1.54, 1.807) is 10.9 Å². The Balaban J connectivity index is 2.32. The van der Waals surface area contributed by atoms with Crippen LogP contribution in [0.4, 0.5) is 0 Å². The molecular formula is C14H16BrN3O. The molecule has 0 saturated carbocycles. The summed E-state index contributed by atoms with van der Waals surface area (Å²) in [7, 11) is 0. The summed E-state index contributed by atoms with van der Waals surface area (Å²) >= 11 is 3.37. The molecule has 2 N–H and O–H groups in total. The zero-order chi connectivity index (χ0) is 13.8. The third-order valence-corrected chi connectivity index (χ3v) is 3.49. The normalized spacial score (nSPS) is 12.4. The Hall–Kier alpha value is -1.46. The van der Waals surface area contributed by atoms with E-state index >= 15 is 0 Å². The third kappa shape index (κ3) is 2.93. The van der Waals surface area contributed by atoms with Crippen LogP contribution in [0.2, 0.25) is 0 Å². The van der Waals surface area contributed by atoms with E-state index in [1.165, 1.54) is 0 Å². The summed E-state index contributed by atoms with van der Waals surface area (Å²) in [5.41, 5.74) is 7.40. The summed E-state index contributed by atoms with van der Waals surface area (Å²) < 4.78 is 2.40. The van der Waals surface area contributed by atoms with Crippen molar-refractivity contribution in [3.05, 3.63) is 52.3 Å². The fraction of sp³-hybridized carbons (Fsp3) is 0.286. The van der Waals surface area contributed by atoms with E-state index in [-0.39, 0.29) is 5.78 Å². The Morgan fingerprint density at radius 1 is 1.42 bits per heavy atom. The maximum atomic E-state index is 12.5. The lowest BCUT2D eigenvalue weighted by molar-refractivity contribution is 0.0949. The average molecular weight is 322 g/mol. The van der Waals surface area contributed by atoms with Crippen molar-refractivity contribution >= 4 is 21.7 Å². The molecule has 0 aliphatic rings. The van der Waals surface area contributed by atoms with Crippen molar-refractivity contribution in [3.63, 3.8) is 0 Å². The maximum absolute atomic E-state index is 12.5. The fourth-order valence-corrected chi connectivity index (χ4v) is 2.44. The molecule has 0 amide bonds. The first-order valence-electron chi connectivity index (χ1n) is 6.21. The van der Waals surface area contributed by atoms with E-state index in [0.717, 1.165) is 12.0 Å². The van der Waals surface area contributed by atoms with Gasteiger partial charge in [-0.2, -0.15) is 5.10 Å². The summed E-state index contributed by atoms with van der Waals surface area (Å²) in [5, 5.41) is 4.20. The van der Waals surface area contributed by atoms with Crippen molar-refractivity contribution in [1.82, 2.24) is 9.78 Å². The third-order valence-electron chi connectivity index (χ3n) is 2.90. The summed E-state index contributed by atoms with van der Waals surface area (Å²) in [6.45, 7) is 2.75. The van der Waals surface area contributed by atoms with Gasteiger partial charge in [0.05, 0.1) is 16.7 Å². The number of ketones is 1. The van der Waals surface area contributed by atoms with Crippen LogP contribution in [0.5, 0.6) is 0 Å². The summed E-state index contributed by atoms with van der Waals surface area (Å²) in [6, 6.07) is 8.71. The van der Waals surface area contributed by atoms with Crippen molar-refractivity contribution < 1.29 is 4.79 Å². The quantitative estimate of drug-likeness (QED) is 0.861. The minimum absolute atomic E-state index is 0.121. The summed E-state index contributed by atoms with van der Waals surface area (Å²) in [6.07, 6.45) is 2.55. The standard InChI is InChI=1S/C14H16BrN3O/c1-2-8-18-13(11(15)9-17-18)14(19)12(16)10-6-4-3-5-7-10/h3-7,9,12H,2,8,16H2,1H3. The van der Waals surface area contributed by atoms with Crippen molar-refractivity contribution in [2.24, 2.45) is 5.73 Å². The van der Waals surface area contributed by atoms with Crippen LogP contribution in [0.1, 0.15) is 35.4 Å². The largest absolute Gasteiger partial charge is 0.317 e. The number of Topliss-reactive ketones (excluding diaryl/α,β-unsaturated/α-hetero) is 1. The van der Waals surface area contributed by atoms with Gasteiger partial charge >= 0.3 is 0 Å². The first-order valence-corrected chi connectivity index (χ1v) is 7.00. The number of aryl methyl sites for hydroxylation is 1. The number of benzene rings is 1. The molecule has 1 unspecified atom stereocenters. The molecule has 19 heavy (non-hydrogen) atoms. The second kappa shape index (κ2) is 6.12. The molecule has 2 aromatic rings. The van der Waals surface area contributed by atoms with Gasteiger partial charge in [-0.15, -0.1) is 0 Å².